The van der Waals surface area contributed by atoms with E-state index in [1.807, 2.05) is 0 Å². The predicted octanol–water partition coefficient (Wildman–Crippen LogP) is 0.135. The van der Waals surface area contributed by atoms with Crippen molar-refractivity contribution in [3.63, 3.8) is 0 Å². The second-order valence-electron chi connectivity index (χ2n) is 4.65. The zero-order valence-corrected chi connectivity index (χ0v) is 11.2. The van der Waals surface area contributed by atoms with E-state index in [2.05, 4.69) is 9.47 Å². The number of esters is 2. The van der Waals surface area contributed by atoms with Crippen LogP contribution in [0.25, 0.3) is 0 Å². The first-order chi connectivity index (χ1) is 8.88. The lowest BCUT2D eigenvalue weighted by Crippen LogP contribution is -2.46. The van der Waals surface area contributed by atoms with Gasteiger partial charge in [0.15, 0.2) is 5.79 Å². The molecule has 3 atom stereocenters. The minimum atomic E-state index is -1.06. The Kier molecular flexibility index (Phi) is 3.51. The Balaban J connectivity index is 2.30. The molecule has 7 heteroatoms. The molecule has 19 heavy (non-hydrogen) atoms. The summed E-state index contributed by atoms with van der Waals surface area (Å²) >= 11 is 0. The van der Waals surface area contributed by atoms with Gasteiger partial charge >= 0.3 is 11.9 Å². The average molecular weight is 272 g/mol. The van der Waals surface area contributed by atoms with E-state index in [1.54, 1.807) is 13.8 Å². The third-order valence-electron chi connectivity index (χ3n) is 2.85. The van der Waals surface area contributed by atoms with Gasteiger partial charge in [-0.3, -0.25) is 0 Å². The van der Waals surface area contributed by atoms with E-state index in [-0.39, 0.29) is 5.76 Å². The number of fused-ring (bicyclic) bond motifs is 1. The third kappa shape index (κ3) is 2.57. The van der Waals surface area contributed by atoms with E-state index in [1.165, 1.54) is 20.3 Å². The molecule has 0 bridgehead atoms. The maximum atomic E-state index is 11.7. The summed E-state index contributed by atoms with van der Waals surface area (Å²) in [6.07, 6.45) is -0.835. The predicted molar refractivity (Wildman–Crippen MR) is 60.8 cm³/mol. The van der Waals surface area contributed by atoms with Gasteiger partial charge in [0.2, 0.25) is 11.9 Å². The molecule has 0 aromatic rings. The van der Waals surface area contributed by atoms with Gasteiger partial charge in [-0.25, -0.2) is 9.59 Å². The molecule has 7 nitrogen and oxygen atoms in total. The zero-order valence-electron chi connectivity index (χ0n) is 11.2. The first kappa shape index (κ1) is 13.8. The first-order valence-corrected chi connectivity index (χ1v) is 5.78. The Morgan fingerprint density at radius 3 is 2.47 bits per heavy atom. The molecule has 0 aromatic carbocycles. The molecule has 0 saturated carbocycles. The van der Waals surface area contributed by atoms with Crippen molar-refractivity contribution in [2.75, 3.05) is 14.2 Å². The Labute approximate surface area is 110 Å². The van der Waals surface area contributed by atoms with Crippen LogP contribution in [0.4, 0.5) is 0 Å². The average Bonchev–Trinajstić information content (AvgIpc) is 2.69. The molecule has 2 rings (SSSR count). The Morgan fingerprint density at radius 1 is 1.21 bits per heavy atom. The van der Waals surface area contributed by atoms with Crippen LogP contribution in [-0.2, 0) is 33.3 Å². The van der Waals surface area contributed by atoms with E-state index in [0.29, 0.717) is 0 Å². The lowest BCUT2D eigenvalue weighted by molar-refractivity contribution is -0.174. The van der Waals surface area contributed by atoms with Crippen molar-refractivity contribution in [1.82, 2.24) is 0 Å². The number of ether oxygens (including phenoxy) is 5. The van der Waals surface area contributed by atoms with E-state index < -0.39 is 36.0 Å². The van der Waals surface area contributed by atoms with Crippen LogP contribution in [0.3, 0.4) is 0 Å². The van der Waals surface area contributed by atoms with Crippen LogP contribution >= 0.6 is 0 Å². The van der Waals surface area contributed by atoms with Crippen LogP contribution in [0.1, 0.15) is 13.8 Å². The lowest BCUT2D eigenvalue weighted by atomic mass is 10.0. The standard InChI is InChI=1S/C12H16O7/c1-12(2)18-6-5-7(10(13)15-3)17-9(8(6)19-12)11(14)16-4/h5-6,8-9H,1-4H3/t6-,8-,9-/m0/s1. The van der Waals surface area contributed by atoms with Gasteiger partial charge in [-0.2, -0.15) is 0 Å². The monoisotopic (exact) mass is 272 g/mol. The largest absolute Gasteiger partial charge is 0.468 e. The minimum Gasteiger partial charge on any atom is -0.468 e. The van der Waals surface area contributed by atoms with Crippen molar-refractivity contribution in [3.8, 4) is 0 Å². The number of methoxy groups -OCH3 is 2. The van der Waals surface area contributed by atoms with Crippen molar-refractivity contribution in [1.29, 1.82) is 0 Å². The highest BCUT2D eigenvalue weighted by Crippen LogP contribution is 2.36. The fourth-order valence-electron chi connectivity index (χ4n) is 2.09. The quantitative estimate of drug-likeness (QED) is 0.661. The topological polar surface area (TPSA) is 80.3 Å². The van der Waals surface area contributed by atoms with Crippen LogP contribution in [-0.4, -0.2) is 50.3 Å². The summed E-state index contributed by atoms with van der Waals surface area (Å²) in [7, 11) is 2.46. The van der Waals surface area contributed by atoms with Gasteiger partial charge in [-0.1, -0.05) is 0 Å². The highest BCUT2D eigenvalue weighted by Gasteiger charge is 2.51. The molecule has 0 radical (unpaired) electrons. The normalized spacial score (nSPS) is 31.8. The van der Waals surface area contributed by atoms with Gasteiger partial charge in [0.05, 0.1) is 14.2 Å². The molecule has 106 valence electrons. The zero-order chi connectivity index (χ0) is 14.2. The molecule has 2 aliphatic rings. The number of carbonyl (C=O) groups excluding carboxylic acids is 2. The van der Waals surface area contributed by atoms with Crippen molar-refractivity contribution in [3.05, 3.63) is 11.8 Å². The number of hydrogen-bond donors (Lipinski definition) is 0. The van der Waals surface area contributed by atoms with Gasteiger partial charge in [0, 0.05) is 0 Å². The lowest BCUT2D eigenvalue weighted by Gasteiger charge is -2.28. The fourth-order valence-corrected chi connectivity index (χ4v) is 2.09. The van der Waals surface area contributed by atoms with Crippen molar-refractivity contribution >= 4 is 11.9 Å². The van der Waals surface area contributed by atoms with Crippen LogP contribution in [0, 0.1) is 0 Å². The maximum absolute atomic E-state index is 11.7. The van der Waals surface area contributed by atoms with Crippen LogP contribution in [0.15, 0.2) is 11.8 Å². The molecule has 1 saturated heterocycles. The van der Waals surface area contributed by atoms with Crippen LogP contribution in [0.2, 0.25) is 0 Å². The van der Waals surface area contributed by atoms with Crippen molar-refractivity contribution < 1.29 is 33.3 Å². The summed E-state index contributed by atoms with van der Waals surface area (Å²) in [6.45, 7) is 3.43. The Hall–Kier alpha value is -1.60. The van der Waals surface area contributed by atoms with Gasteiger partial charge in [-0.15, -0.1) is 0 Å². The number of carbonyl (C=O) groups is 2. The van der Waals surface area contributed by atoms with E-state index in [4.69, 9.17) is 14.2 Å². The van der Waals surface area contributed by atoms with Crippen LogP contribution in [0.5, 0.6) is 0 Å². The highest BCUT2D eigenvalue weighted by atomic mass is 16.8. The molecule has 0 amide bonds. The number of rotatable bonds is 2. The SMILES string of the molecule is COC(=O)C1=C[C@@H]2OC(C)(C)O[C@@H]2[C@@H](C(=O)OC)O1. The van der Waals surface area contributed by atoms with E-state index >= 15 is 0 Å². The fraction of sp³-hybridized carbons (Fsp3) is 0.667. The maximum Gasteiger partial charge on any atom is 0.373 e. The summed E-state index contributed by atoms with van der Waals surface area (Å²) in [6, 6.07) is 0. The van der Waals surface area contributed by atoms with Gasteiger partial charge < -0.3 is 23.7 Å². The highest BCUT2D eigenvalue weighted by molar-refractivity contribution is 5.88. The summed E-state index contributed by atoms with van der Waals surface area (Å²) in [4.78, 5) is 23.2. The molecule has 0 spiro atoms. The molecular weight excluding hydrogens is 256 g/mol. The molecule has 2 aliphatic heterocycles. The molecule has 0 aliphatic carbocycles. The number of hydrogen-bond acceptors (Lipinski definition) is 7. The molecule has 0 N–H and O–H groups in total. The molecule has 0 aromatic heterocycles. The Morgan fingerprint density at radius 2 is 1.89 bits per heavy atom. The molecule has 1 fully saturated rings. The summed E-state index contributed by atoms with van der Waals surface area (Å²) < 4.78 is 25.7. The molecule has 2 heterocycles. The first-order valence-electron chi connectivity index (χ1n) is 5.78. The van der Waals surface area contributed by atoms with Crippen molar-refractivity contribution in [2.24, 2.45) is 0 Å². The van der Waals surface area contributed by atoms with Crippen LogP contribution < -0.4 is 0 Å². The third-order valence-corrected chi connectivity index (χ3v) is 2.85. The van der Waals surface area contributed by atoms with Gasteiger partial charge in [0.1, 0.15) is 12.2 Å². The van der Waals surface area contributed by atoms with Gasteiger partial charge in [0.25, 0.3) is 0 Å². The minimum absolute atomic E-state index is 0.0829. The molecule has 0 unspecified atom stereocenters. The Bertz CT molecular complexity index is 426. The second-order valence-corrected chi connectivity index (χ2v) is 4.65. The van der Waals surface area contributed by atoms with Gasteiger partial charge in [-0.05, 0) is 19.9 Å². The summed E-state index contributed by atoms with van der Waals surface area (Å²) in [5, 5.41) is 0. The van der Waals surface area contributed by atoms with Crippen molar-refractivity contribution in [2.45, 2.75) is 37.9 Å². The van der Waals surface area contributed by atoms with E-state index in [9.17, 15) is 9.59 Å². The second kappa shape index (κ2) is 4.82. The van der Waals surface area contributed by atoms with E-state index in [0.717, 1.165) is 0 Å². The summed E-state index contributed by atoms with van der Waals surface area (Å²) in [5.41, 5.74) is 0. The smallest absolute Gasteiger partial charge is 0.373 e. The molecular formula is C12H16O7. The summed E-state index contributed by atoms with van der Waals surface area (Å²) in [5.74, 6) is -2.26.